The molecule has 124 valence electrons. The van der Waals surface area contributed by atoms with Gasteiger partial charge in [0.2, 0.25) is 5.91 Å². The lowest BCUT2D eigenvalue weighted by Gasteiger charge is -2.34. The molecule has 0 radical (unpaired) electrons. The zero-order valence-electron chi connectivity index (χ0n) is 13.3. The van der Waals surface area contributed by atoms with Crippen molar-refractivity contribution in [2.45, 2.75) is 19.5 Å². The Morgan fingerprint density at radius 3 is 3.12 bits per heavy atom. The van der Waals surface area contributed by atoms with Crippen LogP contribution in [0.3, 0.4) is 0 Å². The maximum Gasteiger partial charge on any atom is 0.245 e. The minimum absolute atomic E-state index is 0.0204. The van der Waals surface area contributed by atoms with Gasteiger partial charge in [0.15, 0.2) is 0 Å². The van der Waals surface area contributed by atoms with Crippen molar-refractivity contribution in [3.63, 3.8) is 0 Å². The largest absolute Gasteiger partial charge is 0.377 e. The van der Waals surface area contributed by atoms with Crippen molar-refractivity contribution in [2.75, 3.05) is 19.8 Å². The number of fused-ring (bicyclic) bond motifs is 1. The van der Waals surface area contributed by atoms with E-state index in [1.165, 1.54) is 0 Å². The normalized spacial score (nSPS) is 18.2. The van der Waals surface area contributed by atoms with E-state index in [0.717, 1.165) is 22.6 Å². The summed E-state index contributed by atoms with van der Waals surface area (Å²) in [5.74, 6) is 0.733. The van der Waals surface area contributed by atoms with Crippen LogP contribution in [0, 0.1) is 6.92 Å². The molecule has 8 heteroatoms. The summed E-state index contributed by atoms with van der Waals surface area (Å²) in [7, 11) is 0. The van der Waals surface area contributed by atoms with E-state index < -0.39 is 0 Å². The highest BCUT2D eigenvalue weighted by atomic mass is 16.5. The van der Waals surface area contributed by atoms with Crippen LogP contribution >= 0.6 is 0 Å². The Morgan fingerprint density at radius 2 is 2.29 bits per heavy atom. The van der Waals surface area contributed by atoms with Crippen LogP contribution in [0.2, 0.25) is 0 Å². The molecule has 2 aromatic heterocycles. The van der Waals surface area contributed by atoms with E-state index in [0.29, 0.717) is 19.8 Å². The summed E-state index contributed by atoms with van der Waals surface area (Å²) < 4.78 is 7.18. The molecule has 0 saturated carbocycles. The van der Waals surface area contributed by atoms with Crippen molar-refractivity contribution in [3.05, 3.63) is 42.0 Å². The molecule has 1 amide bonds. The smallest absolute Gasteiger partial charge is 0.245 e. The average Bonchev–Trinajstić information content (AvgIpc) is 3.22. The number of carbonyl (C=O) groups is 1. The van der Waals surface area contributed by atoms with E-state index in [2.05, 4.69) is 20.3 Å². The molecule has 1 aliphatic rings. The SMILES string of the molecule is Cc1cnc(C2COCCN2C(=O)Cn2nnc3ccccc32)[nH]1. The average molecular weight is 326 g/mol. The number of benzene rings is 1. The van der Waals surface area contributed by atoms with Gasteiger partial charge < -0.3 is 14.6 Å². The van der Waals surface area contributed by atoms with Crippen LogP contribution in [0.1, 0.15) is 17.6 Å². The van der Waals surface area contributed by atoms with Crippen LogP contribution in [0.4, 0.5) is 0 Å². The van der Waals surface area contributed by atoms with Gasteiger partial charge in [-0.25, -0.2) is 9.67 Å². The summed E-state index contributed by atoms with van der Waals surface area (Å²) in [6, 6.07) is 7.41. The second kappa shape index (κ2) is 6.04. The molecule has 3 heterocycles. The number of nitrogens with zero attached hydrogens (tertiary/aromatic N) is 5. The summed E-state index contributed by atoms with van der Waals surface area (Å²) in [6.07, 6.45) is 1.76. The first kappa shape index (κ1) is 14.8. The Kier molecular flexibility index (Phi) is 3.73. The van der Waals surface area contributed by atoms with E-state index in [-0.39, 0.29) is 18.5 Å². The van der Waals surface area contributed by atoms with Gasteiger partial charge in [-0.1, -0.05) is 17.3 Å². The molecule has 24 heavy (non-hydrogen) atoms. The summed E-state index contributed by atoms with van der Waals surface area (Å²) in [6.45, 7) is 3.59. The maximum atomic E-state index is 12.8. The van der Waals surface area contributed by atoms with Gasteiger partial charge in [0.05, 0.1) is 18.7 Å². The maximum absolute atomic E-state index is 12.8. The standard InChI is InChI=1S/C16H18N6O2/c1-11-8-17-16(18-11)14-10-24-7-6-21(14)15(23)9-22-13-5-3-2-4-12(13)19-20-22/h2-5,8,14H,6-7,9-10H2,1H3,(H,17,18). The van der Waals surface area contributed by atoms with Crippen LogP contribution in [-0.2, 0) is 16.1 Å². The number of amides is 1. The number of aromatic amines is 1. The Hall–Kier alpha value is -2.74. The highest BCUT2D eigenvalue weighted by molar-refractivity contribution is 5.80. The van der Waals surface area contributed by atoms with E-state index >= 15 is 0 Å². The van der Waals surface area contributed by atoms with Gasteiger partial charge in [-0.05, 0) is 19.1 Å². The second-order valence-electron chi connectivity index (χ2n) is 5.87. The molecule has 4 rings (SSSR count). The number of morpholine rings is 1. The van der Waals surface area contributed by atoms with Crippen molar-refractivity contribution < 1.29 is 9.53 Å². The summed E-state index contributed by atoms with van der Waals surface area (Å²) in [5, 5.41) is 8.19. The lowest BCUT2D eigenvalue weighted by Crippen LogP contribution is -2.45. The van der Waals surface area contributed by atoms with Gasteiger partial charge in [0.1, 0.15) is 23.9 Å². The van der Waals surface area contributed by atoms with E-state index in [1.54, 1.807) is 15.8 Å². The fourth-order valence-electron chi connectivity index (χ4n) is 2.98. The molecule has 0 spiro atoms. The molecule has 1 saturated heterocycles. The van der Waals surface area contributed by atoms with Gasteiger partial charge in [0, 0.05) is 18.4 Å². The minimum Gasteiger partial charge on any atom is -0.377 e. The molecular formula is C16H18N6O2. The van der Waals surface area contributed by atoms with Crippen molar-refractivity contribution in [2.24, 2.45) is 0 Å². The first-order valence-corrected chi connectivity index (χ1v) is 7.89. The number of aromatic nitrogens is 5. The number of ether oxygens (including phenoxy) is 1. The predicted octanol–water partition coefficient (Wildman–Crippen LogP) is 1.06. The van der Waals surface area contributed by atoms with Crippen molar-refractivity contribution in [1.29, 1.82) is 0 Å². The zero-order chi connectivity index (χ0) is 16.5. The van der Waals surface area contributed by atoms with Gasteiger partial charge in [0.25, 0.3) is 0 Å². The molecule has 1 aromatic carbocycles. The van der Waals surface area contributed by atoms with Crippen LogP contribution < -0.4 is 0 Å². The highest BCUT2D eigenvalue weighted by Gasteiger charge is 2.31. The summed E-state index contributed by atoms with van der Waals surface area (Å²) >= 11 is 0. The third-order valence-corrected chi connectivity index (χ3v) is 4.19. The van der Waals surface area contributed by atoms with E-state index in [9.17, 15) is 4.79 Å². The van der Waals surface area contributed by atoms with E-state index in [1.807, 2.05) is 31.2 Å². The molecule has 1 aliphatic heterocycles. The number of nitrogens with one attached hydrogen (secondary N) is 1. The van der Waals surface area contributed by atoms with Crippen LogP contribution in [0.25, 0.3) is 11.0 Å². The predicted molar refractivity (Wildman–Crippen MR) is 86.1 cm³/mol. The first-order chi connectivity index (χ1) is 11.7. The fraction of sp³-hybridized carbons (Fsp3) is 0.375. The summed E-state index contributed by atoms with van der Waals surface area (Å²) in [4.78, 5) is 22.2. The third-order valence-electron chi connectivity index (χ3n) is 4.19. The Balaban J connectivity index is 1.57. The highest BCUT2D eigenvalue weighted by Crippen LogP contribution is 2.22. The molecule has 3 aromatic rings. The number of rotatable bonds is 3. The molecule has 0 aliphatic carbocycles. The summed E-state index contributed by atoms with van der Waals surface area (Å²) in [5.41, 5.74) is 2.60. The molecule has 1 N–H and O–H groups in total. The van der Waals surface area contributed by atoms with Crippen molar-refractivity contribution in [1.82, 2.24) is 29.9 Å². The number of H-pyrrole nitrogens is 1. The van der Waals surface area contributed by atoms with Gasteiger partial charge in [-0.2, -0.15) is 0 Å². The number of para-hydroxylation sites is 1. The lowest BCUT2D eigenvalue weighted by atomic mass is 10.2. The Labute approximate surface area is 138 Å². The fourth-order valence-corrected chi connectivity index (χ4v) is 2.98. The van der Waals surface area contributed by atoms with Crippen molar-refractivity contribution >= 4 is 16.9 Å². The van der Waals surface area contributed by atoms with Crippen LogP contribution in [-0.4, -0.2) is 55.5 Å². The molecule has 1 unspecified atom stereocenters. The molecule has 8 nitrogen and oxygen atoms in total. The number of aryl methyl sites for hydroxylation is 1. The Morgan fingerprint density at radius 1 is 1.42 bits per heavy atom. The third kappa shape index (κ3) is 2.65. The quantitative estimate of drug-likeness (QED) is 0.777. The van der Waals surface area contributed by atoms with Crippen molar-refractivity contribution in [3.8, 4) is 0 Å². The van der Waals surface area contributed by atoms with Crippen LogP contribution in [0.5, 0.6) is 0 Å². The molecule has 1 fully saturated rings. The molecule has 0 bridgehead atoms. The Bertz CT molecular complexity index is 870. The number of imidazole rings is 1. The minimum atomic E-state index is -0.199. The second-order valence-corrected chi connectivity index (χ2v) is 5.87. The number of hydrogen-bond acceptors (Lipinski definition) is 5. The number of hydrogen-bond donors (Lipinski definition) is 1. The van der Waals surface area contributed by atoms with Crippen LogP contribution in [0.15, 0.2) is 30.5 Å². The van der Waals surface area contributed by atoms with Gasteiger partial charge >= 0.3 is 0 Å². The van der Waals surface area contributed by atoms with Gasteiger partial charge in [-0.15, -0.1) is 5.10 Å². The van der Waals surface area contributed by atoms with E-state index in [4.69, 9.17) is 4.74 Å². The first-order valence-electron chi connectivity index (χ1n) is 7.89. The topological polar surface area (TPSA) is 88.9 Å². The molecular weight excluding hydrogens is 308 g/mol. The monoisotopic (exact) mass is 326 g/mol. The lowest BCUT2D eigenvalue weighted by molar-refractivity contribution is -0.141. The number of carbonyl (C=O) groups excluding carboxylic acids is 1. The van der Waals surface area contributed by atoms with Gasteiger partial charge in [-0.3, -0.25) is 4.79 Å². The zero-order valence-corrected chi connectivity index (χ0v) is 13.3. The molecule has 1 atom stereocenters.